The summed E-state index contributed by atoms with van der Waals surface area (Å²) < 4.78 is 33.0. The van der Waals surface area contributed by atoms with Gasteiger partial charge in [0.05, 0.1) is 12.7 Å². The van der Waals surface area contributed by atoms with Crippen molar-refractivity contribution in [2.24, 2.45) is 0 Å². The maximum Gasteiger partial charge on any atom is 0.351 e. The predicted octanol–water partition coefficient (Wildman–Crippen LogP) is 1.23. The van der Waals surface area contributed by atoms with Crippen LogP contribution in [0.3, 0.4) is 0 Å². The van der Waals surface area contributed by atoms with Crippen molar-refractivity contribution in [3.63, 3.8) is 0 Å². The van der Waals surface area contributed by atoms with E-state index in [4.69, 9.17) is 9.84 Å². The molecule has 1 saturated heterocycles. The lowest BCUT2D eigenvalue weighted by Gasteiger charge is -2.19. The summed E-state index contributed by atoms with van der Waals surface area (Å²) in [5.74, 6) is -2.92. The first-order valence-corrected chi connectivity index (χ1v) is 6.39. The zero-order chi connectivity index (χ0) is 15.3. The summed E-state index contributed by atoms with van der Waals surface area (Å²) in [7, 11) is 1.56. The quantitative estimate of drug-likeness (QED) is 0.876. The van der Waals surface area contributed by atoms with Gasteiger partial charge in [-0.05, 0) is 6.07 Å². The van der Waals surface area contributed by atoms with E-state index in [9.17, 15) is 13.6 Å². The molecule has 1 aliphatic heterocycles. The Labute approximate surface area is 115 Å². The topological polar surface area (TPSA) is 76.4 Å². The lowest BCUT2D eigenvalue weighted by atomic mass is 10.2. The molecule has 1 aromatic heterocycles. The second-order valence-corrected chi connectivity index (χ2v) is 4.01. The van der Waals surface area contributed by atoms with E-state index in [1.54, 1.807) is 7.05 Å². The van der Waals surface area contributed by atoms with Gasteiger partial charge in [-0.25, -0.2) is 13.6 Å². The van der Waals surface area contributed by atoms with Gasteiger partial charge in [0.1, 0.15) is 5.82 Å². The Hall–Kier alpha value is -1.54. The summed E-state index contributed by atoms with van der Waals surface area (Å²) in [5, 5.41) is 11.5. The Balaban J connectivity index is 0.000000956. The molecule has 0 spiro atoms. The summed E-state index contributed by atoms with van der Waals surface area (Å²) >= 11 is 0. The molecule has 0 aromatic carbocycles. The molecule has 0 aliphatic carbocycles. The van der Waals surface area contributed by atoms with Crippen molar-refractivity contribution in [1.82, 2.24) is 9.55 Å². The van der Waals surface area contributed by atoms with E-state index >= 15 is 0 Å². The van der Waals surface area contributed by atoms with Gasteiger partial charge in [0.2, 0.25) is 6.23 Å². The van der Waals surface area contributed by atoms with Crippen LogP contribution in [0.15, 0.2) is 17.1 Å². The Kier molecular flexibility index (Phi) is 5.58. The number of nitrogens with one attached hydrogen (secondary N) is 1. The fourth-order valence-corrected chi connectivity index (χ4v) is 1.84. The van der Waals surface area contributed by atoms with Crippen molar-refractivity contribution in [1.29, 1.82) is 0 Å². The number of aliphatic hydroxyl groups is 1. The fourth-order valence-electron chi connectivity index (χ4n) is 1.84. The maximum absolute atomic E-state index is 13.7. The molecule has 0 radical (unpaired) electrons. The minimum Gasteiger partial charge on any atom is -0.394 e. The number of rotatable bonds is 3. The van der Waals surface area contributed by atoms with Crippen molar-refractivity contribution >= 4 is 5.82 Å². The summed E-state index contributed by atoms with van der Waals surface area (Å²) in [6.45, 7) is 3.49. The summed E-state index contributed by atoms with van der Waals surface area (Å²) in [6, 6.07) is 1.40. The molecule has 0 saturated carbocycles. The van der Waals surface area contributed by atoms with E-state index in [1.165, 1.54) is 12.3 Å². The zero-order valence-corrected chi connectivity index (χ0v) is 11.6. The summed E-state index contributed by atoms with van der Waals surface area (Å²) in [6.07, 6.45) is -2.12. The van der Waals surface area contributed by atoms with E-state index in [0.29, 0.717) is 0 Å². The molecular formula is C12H19F2N3O3. The highest BCUT2D eigenvalue weighted by Gasteiger charge is 2.51. The van der Waals surface area contributed by atoms with Crippen LogP contribution in [-0.4, -0.2) is 40.3 Å². The molecule has 1 fully saturated rings. The van der Waals surface area contributed by atoms with Crippen LogP contribution in [0.2, 0.25) is 0 Å². The molecule has 114 valence electrons. The van der Waals surface area contributed by atoms with Gasteiger partial charge in [0, 0.05) is 19.7 Å². The van der Waals surface area contributed by atoms with Gasteiger partial charge in [-0.3, -0.25) is 4.57 Å². The highest BCUT2D eigenvalue weighted by Crippen LogP contribution is 2.41. The van der Waals surface area contributed by atoms with Crippen molar-refractivity contribution < 1.29 is 18.6 Å². The zero-order valence-electron chi connectivity index (χ0n) is 11.6. The number of hydrogen-bond donors (Lipinski definition) is 2. The summed E-state index contributed by atoms with van der Waals surface area (Å²) in [5.41, 5.74) is -0.829. The molecule has 2 unspecified atom stereocenters. The van der Waals surface area contributed by atoms with Gasteiger partial charge in [0.15, 0.2) is 0 Å². The summed E-state index contributed by atoms with van der Waals surface area (Å²) in [4.78, 5) is 15.2. The van der Waals surface area contributed by atoms with Gasteiger partial charge >= 0.3 is 5.69 Å². The molecule has 20 heavy (non-hydrogen) atoms. The van der Waals surface area contributed by atoms with Gasteiger partial charge in [-0.2, -0.15) is 4.98 Å². The van der Waals surface area contributed by atoms with Gasteiger partial charge in [0.25, 0.3) is 5.92 Å². The number of ether oxygens (including phenoxy) is 1. The molecule has 2 heterocycles. The third kappa shape index (κ3) is 3.31. The molecule has 0 amide bonds. The number of aromatic nitrogens is 2. The molecule has 1 aliphatic rings. The first-order chi connectivity index (χ1) is 9.47. The highest BCUT2D eigenvalue weighted by atomic mass is 19.3. The highest BCUT2D eigenvalue weighted by molar-refractivity contribution is 5.30. The van der Waals surface area contributed by atoms with Crippen molar-refractivity contribution in [2.75, 3.05) is 19.0 Å². The molecule has 2 rings (SSSR count). The Morgan fingerprint density at radius 3 is 2.70 bits per heavy atom. The molecule has 6 nitrogen and oxygen atoms in total. The van der Waals surface area contributed by atoms with E-state index in [-0.39, 0.29) is 5.82 Å². The largest absolute Gasteiger partial charge is 0.394 e. The minimum atomic E-state index is -3.21. The second-order valence-electron chi connectivity index (χ2n) is 4.01. The Morgan fingerprint density at radius 2 is 2.25 bits per heavy atom. The number of aliphatic hydroxyl groups excluding tert-OH is 1. The lowest BCUT2D eigenvalue weighted by Crippen LogP contribution is -2.35. The van der Waals surface area contributed by atoms with Crippen LogP contribution in [0.5, 0.6) is 0 Å². The molecule has 8 heteroatoms. The predicted molar refractivity (Wildman–Crippen MR) is 70.0 cm³/mol. The van der Waals surface area contributed by atoms with Gasteiger partial charge < -0.3 is 15.2 Å². The first kappa shape index (κ1) is 16.5. The molecule has 2 N–H and O–H groups in total. The molecular weight excluding hydrogens is 272 g/mol. The standard InChI is InChI=1S/C10H13F2N3O3.C2H6/c1-13-7-2-3-15(9(17)14-7)8-10(11,12)4-6(5-16)18-8;1-2/h2-3,6,8,16H,4-5H2,1H3,(H,13,14,17);1-2H3. The van der Waals surface area contributed by atoms with Crippen LogP contribution < -0.4 is 11.0 Å². The van der Waals surface area contributed by atoms with Crippen LogP contribution in [0.1, 0.15) is 26.5 Å². The molecule has 1 aromatic rings. The SMILES string of the molecule is CC.CNc1ccn(C2OC(CO)CC2(F)F)c(=O)n1. The Morgan fingerprint density at radius 1 is 1.60 bits per heavy atom. The maximum atomic E-state index is 13.7. The lowest BCUT2D eigenvalue weighted by molar-refractivity contribution is -0.120. The van der Waals surface area contributed by atoms with Gasteiger partial charge in [-0.15, -0.1) is 0 Å². The van der Waals surface area contributed by atoms with E-state index in [1.807, 2.05) is 13.8 Å². The van der Waals surface area contributed by atoms with E-state index in [2.05, 4.69) is 10.3 Å². The fraction of sp³-hybridized carbons (Fsp3) is 0.667. The third-order valence-corrected chi connectivity index (χ3v) is 2.72. The average Bonchev–Trinajstić information content (AvgIpc) is 2.76. The second kappa shape index (κ2) is 6.76. The molecule has 2 atom stereocenters. The molecule has 0 bridgehead atoms. The third-order valence-electron chi connectivity index (χ3n) is 2.72. The van der Waals surface area contributed by atoms with E-state index in [0.717, 1.165) is 4.57 Å². The number of hydrogen-bond acceptors (Lipinski definition) is 5. The first-order valence-electron chi connectivity index (χ1n) is 6.39. The number of halogens is 2. The normalized spacial score (nSPS) is 23.9. The number of alkyl halides is 2. The van der Waals surface area contributed by atoms with Gasteiger partial charge in [-0.1, -0.05) is 13.8 Å². The van der Waals surface area contributed by atoms with Crippen molar-refractivity contribution in [3.05, 3.63) is 22.7 Å². The van der Waals surface area contributed by atoms with Crippen LogP contribution in [0.4, 0.5) is 14.6 Å². The average molecular weight is 291 g/mol. The van der Waals surface area contributed by atoms with Crippen molar-refractivity contribution in [3.8, 4) is 0 Å². The number of anilines is 1. The van der Waals surface area contributed by atoms with Crippen LogP contribution >= 0.6 is 0 Å². The van der Waals surface area contributed by atoms with Crippen LogP contribution in [-0.2, 0) is 4.74 Å². The minimum absolute atomic E-state index is 0.288. The van der Waals surface area contributed by atoms with E-state index < -0.39 is 37.0 Å². The number of nitrogens with zero attached hydrogens (tertiary/aromatic N) is 2. The van der Waals surface area contributed by atoms with Crippen LogP contribution in [0.25, 0.3) is 0 Å². The van der Waals surface area contributed by atoms with Crippen LogP contribution in [0, 0.1) is 0 Å². The Bertz CT molecular complexity index is 493. The monoisotopic (exact) mass is 291 g/mol. The smallest absolute Gasteiger partial charge is 0.351 e. The van der Waals surface area contributed by atoms with Crippen molar-refractivity contribution in [2.45, 2.75) is 38.5 Å².